The van der Waals surface area contributed by atoms with Crippen LogP contribution in [0.15, 0.2) is 60.0 Å². The van der Waals surface area contributed by atoms with Gasteiger partial charge in [0.05, 0.1) is 11.6 Å². The molecular formula is C21H22N4O4. The van der Waals surface area contributed by atoms with Crippen LogP contribution < -0.4 is 10.8 Å². The predicted octanol–water partition coefficient (Wildman–Crippen LogP) is 2.11. The summed E-state index contributed by atoms with van der Waals surface area (Å²) in [5.74, 6) is -1.55. The van der Waals surface area contributed by atoms with E-state index in [1.807, 2.05) is 12.1 Å². The third-order valence-corrected chi connectivity index (χ3v) is 5.65. The molecule has 4 unspecified atom stereocenters. The Balaban J connectivity index is 1.63. The second kappa shape index (κ2) is 8.40. The molecule has 0 spiro atoms. The second-order valence-corrected chi connectivity index (χ2v) is 7.29. The van der Waals surface area contributed by atoms with E-state index in [0.717, 1.165) is 18.4 Å². The van der Waals surface area contributed by atoms with Gasteiger partial charge in [0.15, 0.2) is 0 Å². The van der Waals surface area contributed by atoms with Gasteiger partial charge in [0.25, 0.3) is 5.91 Å². The molecule has 1 aliphatic heterocycles. The zero-order valence-corrected chi connectivity index (χ0v) is 15.7. The topological polar surface area (TPSA) is 113 Å². The zero-order valence-electron chi connectivity index (χ0n) is 15.7. The molecule has 8 heteroatoms. The monoisotopic (exact) mass is 394 g/mol. The maximum atomic E-state index is 12.7. The van der Waals surface area contributed by atoms with E-state index in [4.69, 9.17) is 10.0 Å². The summed E-state index contributed by atoms with van der Waals surface area (Å²) in [6.45, 7) is 0. The maximum absolute atomic E-state index is 12.7. The van der Waals surface area contributed by atoms with Crippen molar-refractivity contribution in [3.05, 3.63) is 66.0 Å². The van der Waals surface area contributed by atoms with E-state index in [-0.39, 0.29) is 23.7 Å². The lowest BCUT2D eigenvalue weighted by Crippen LogP contribution is -2.46. The Morgan fingerprint density at radius 3 is 2.66 bits per heavy atom. The number of aromatic nitrogens is 1. The third kappa shape index (κ3) is 3.84. The van der Waals surface area contributed by atoms with Gasteiger partial charge in [-0.3, -0.25) is 19.8 Å². The van der Waals surface area contributed by atoms with Crippen molar-refractivity contribution < 1.29 is 19.6 Å². The molecule has 2 heterocycles. The standard InChI is InChI=1S/C21H22N4O4/c26-19(13-6-2-1-3-7-13)23-21-17(15-9-4-10-16(15)20(27)24-28)18(25-29-21)14-8-5-11-22-12-14/h1-3,5-8,11-12,15-17,21,28H,4,9-10H2,(H,23,26)(H,24,27). The van der Waals surface area contributed by atoms with E-state index in [0.29, 0.717) is 17.7 Å². The molecule has 0 saturated heterocycles. The quantitative estimate of drug-likeness (QED) is 0.531. The van der Waals surface area contributed by atoms with Crippen LogP contribution in [0.2, 0.25) is 0 Å². The highest BCUT2D eigenvalue weighted by molar-refractivity contribution is 6.04. The van der Waals surface area contributed by atoms with E-state index in [9.17, 15) is 9.59 Å². The van der Waals surface area contributed by atoms with Gasteiger partial charge in [0, 0.05) is 29.4 Å². The molecule has 1 aromatic heterocycles. The Labute approximate surface area is 167 Å². The first-order valence-electron chi connectivity index (χ1n) is 9.63. The van der Waals surface area contributed by atoms with Crippen molar-refractivity contribution in [3.63, 3.8) is 0 Å². The van der Waals surface area contributed by atoms with Gasteiger partial charge in [-0.1, -0.05) is 29.8 Å². The number of pyridine rings is 1. The highest BCUT2D eigenvalue weighted by atomic mass is 16.7. The Hall–Kier alpha value is -3.26. The van der Waals surface area contributed by atoms with Crippen molar-refractivity contribution in [3.8, 4) is 0 Å². The molecule has 29 heavy (non-hydrogen) atoms. The van der Waals surface area contributed by atoms with Crippen molar-refractivity contribution in [1.82, 2.24) is 15.8 Å². The molecule has 1 saturated carbocycles. The number of hydroxylamine groups is 1. The average Bonchev–Trinajstić information content (AvgIpc) is 3.41. The number of carbonyl (C=O) groups excluding carboxylic acids is 2. The molecule has 1 aliphatic carbocycles. The number of rotatable bonds is 5. The van der Waals surface area contributed by atoms with Crippen molar-refractivity contribution in [2.75, 3.05) is 0 Å². The van der Waals surface area contributed by atoms with Crippen molar-refractivity contribution in [1.29, 1.82) is 0 Å². The number of hydrogen-bond acceptors (Lipinski definition) is 6. The lowest BCUT2D eigenvalue weighted by Gasteiger charge is -2.28. The van der Waals surface area contributed by atoms with Crippen molar-refractivity contribution >= 4 is 17.5 Å². The second-order valence-electron chi connectivity index (χ2n) is 7.29. The molecule has 8 nitrogen and oxygen atoms in total. The minimum absolute atomic E-state index is 0.135. The Kier molecular flexibility index (Phi) is 5.53. The van der Waals surface area contributed by atoms with Crippen LogP contribution in [0.1, 0.15) is 35.2 Å². The molecule has 0 bridgehead atoms. The Bertz CT molecular complexity index is 903. The normalized spacial score (nSPS) is 25.8. The summed E-state index contributed by atoms with van der Waals surface area (Å²) in [6.07, 6.45) is 4.92. The molecule has 2 aliphatic rings. The molecule has 0 radical (unpaired) electrons. The average molecular weight is 394 g/mol. The molecule has 4 rings (SSSR count). The highest BCUT2D eigenvalue weighted by Crippen LogP contribution is 2.42. The van der Waals surface area contributed by atoms with Crippen LogP contribution >= 0.6 is 0 Å². The first-order chi connectivity index (χ1) is 14.2. The van der Waals surface area contributed by atoms with Gasteiger partial charge >= 0.3 is 0 Å². The fraction of sp³-hybridized carbons (Fsp3) is 0.333. The summed E-state index contributed by atoms with van der Waals surface area (Å²) in [4.78, 5) is 34.7. The van der Waals surface area contributed by atoms with E-state index in [1.165, 1.54) is 0 Å². The van der Waals surface area contributed by atoms with E-state index >= 15 is 0 Å². The largest absolute Gasteiger partial charge is 0.370 e. The van der Waals surface area contributed by atoms with Crippen LogP contribution in [0.25, 0.3) is 0 Å². The van der Waals surface area contributed by atoms with E-state index in [2.05, 4.69) is 15.5 Å². The van der Waals surface area contributed by atoms with Gasteiger partial charge < -0.3 is 10.2 Å². The fourth-order valence-electron chi connectivity index (χ4n) is 4.32. The van der Waals surface area contributed by atoms with Gasteiger partial charge in [-0.05, 0) is 43.0 Å². The maximum Gasteiger partial charge on any atom is 0.254 e. The smallest absolute Gasteiger partial charge is 0.254 e. The van der Waals surface area contributed by atoms with Crippen LogP contribution in [0.3, 0.4) is 0 Å². The summed E-state index contributed by atoms with van der Waals surface area (Å²) in [6, 6.07) is 12.5. The third-order valence-electron chi connectivity index (χ3n) is 5.65. The van der Waals surface area contributed by atoms with Crippen LogP contribution in [0, 0.1) is 17.8 Å². The van der Waals surface area contributed by atoms with Crippen molar-refractivity contribution in [2.24, 2.45) is 22.9 Å². The molecule has 4 atom stereocenters. The van der Waals surface area contributed by atoms with Crippen LogP contribution in [-0.4, -0.2) is 33.9 Å². The van der Waals surface area contributed by atoms with Crippen LogP contribution in [0.4, 0.5) is 0 Å². The number of nitrogens with one attached hydrogen (secondary N) is 2. The van der Waals surface area contributed by atoms with E-state index < -0.39 is 12.1 Å². The number of oxime groups is 1. The van der Waals surface area contributed by atoms with Gasteiger partial charge in [0.2, 0.25) is 12.1 Å². The number of nitrogens with zero attached hydrogens (tertiary/aromatic N) is 2. The summed E-state index contributed by atoms with van der Waals surface area (Å²) < 4.78 is 0. The number of benzene rings is 1. The molecule has 1 aromatic carbocycles. The van der Waals surface area contributed by atoms with Crippen LogP contribution in [0.5, 0.6) is 0 Å². The van der Waals surface area contributed by atoms with Crippen LogP contribution in [-0.2, 0) is 9.63 Å². The van der Waals surface area contributed by atoms with Gasteiger partial charge in [-0.25, -0.2) is 5.48 Å². The molecule has 2 amide bonds. The molecule has 150 valence electrons. The SMILES string of the molecule is O=C(NC1ON=C(c2cccnc2)C1C1CCCC1C(=O)NO)c1ccccc1. The summed E-state index contributed by atoms with van der Waals surface area (Å²) in [5.41, 5.74) is 3.73. The first kappa shape index (κ1) is 19.1. The fourth-order valence-corrected chi connectivity index (χ4v) is 4.32. The molecule has 2 aromatic rings. The molecule has 3 N–H and O–H groups in total. The zero-order chi connectivity index (χ0) is 20.2. The summed E-state index contributed by atoms with van der Waals surface area (Å²) >= 11 is 0. The summed E-state index contributed by atoms with van der Waals surface area (Å²) in [5, 5.41) is 16.3. The first-order valence-corrected chi connectivity index (χ1v) is 9.63. The van der Waals surface area contributed by atoms with Gasteiger partial charge in [-0.2, -0.15) is 0 Å². The molecule has 1 fully saturated rings. The predicted molar refractivity (Wildman–Crippen MR) is 104 cm³/mol. The lowest BCUT2D eigenvalue weighted by molar-refractivity contribution is -0.135. The van der Waals surface area contributed by atoms with Crippen molar-refractivity contribution in [2.45, 2.75) is 25.5 Å². The van der Waals surface area contributed by atoms with E-state index in [1.54, 1.807) is 48.2 Å². The van der Waals surface area contributed by atoms with Gasteiger partial charge in [-0.15, -0.1) is 0 Å². The lowest BCUT2D eigenvalue weighted by atomic mass is 9.78. The highest BCUT2D eigenvalue weighted by Gasteiger charge is 2.48. The van der Waals surface area contributed by atoms with Gasteiger partial charge in [0.1, 0.15) is 0 Å². The number of carbonyl (C=O) groups is 2. The minimum Gasteiger partial charge on any atom is -0.370 e. The number of hydrogen-bond donors (Lipinski definition) is 3. The summed E-state index contributed by atoms with van der Waals surface area (Å²) in [7, 11) is 0. The minimum atomic E-state index is -0.713. The Morgan fingerprint density at radius 1 is 1.10 bits per heavy atom. The Morgan fingerprint density at radius 2 is 1.93 bits per heavy atom. The number of amides is 2. The molecular weight excluding hydrogens is 372 g/mol.